The molecular formula is C16H16ClF2NO. The van der Waals surface area contributed by atoms with Gasteiger partial charge in [-0.15, -0.1) is 0 Å². The van der Waals surface area contributed by atoms with E-state index in [4.69, 9.17) is 22.1 Å². The van der Waals surface area contributed by atoms with Gasteiger partial charge in [-0.2, -0.15) is 0 Å². The van der Waals surface area contributed by atoms with Crippen LogP contribution in [-0.4, -0.2) is 6.04 Å². The second-order valence-electron chi connectivity index (χ2n) is 5.11. The molecule has 0 aliphatic rings. The van der Waals surface area contributed by atoms with Gasteiger partial charge in [0.1, 0.15) is 5.75 Å². The summed E-state index contributed by atoms with van der Waals surface area (Å²) in [5.74, 6) is -1.81. The first-order chi connectivity index (χ1) is 9.86. The third-order valence-electron chi connectivity index (χ3n) is 2.92. The first-order valence-corrected chi connectivity index (χ1v) is 6.92. The highest BCUT2D eigenvalue weighted by molar-refractivity contribution is 6.32. The van der Waals surface area contributed by atoms with E-state index < -0.39 is 17.4 Å². The van der Waals surface area contributed by atoms with Gasteiger partial charge in [0.05, 0.1) is 5.02 Å². The fourth-order valence-electron chi connectivity index (χ4n) is 2.00. The highest BCUT2D eigenvalue weighted by Crippen LogP contribution is 2.33. The highest BCUT2D eigenvalue weighted by Gasteiger charge is 2.15. The van der Waals surface area contributed by atoms with E-state index >= 15 is 0 Å². The van der Waals surface area contributed by atoms with Gasteiger partial charge in [-0.25, -0.2) is 8.78 Å². The molecule has 0 saturated heterocycles. The Balaban J connectivity index is 2.32. The summed E-state index contributed by atoms with van der Waals surface area (Å²) in [6.45, 7) is 3.63. The van der Waals surface area contributed by atoms with Crippen LogP contribution >= 0.6 is 11.6 Å². The van der Waals surface area contributed by atoms with Crippen molar-refractivity contribution in [1.29, 1.82) is 0 Å². The molecule has 1 atom stereocenters. The Morgan fingerprint density at radius 2 is 1.81 bits per heavy atom. The fourth-order valence-corrected chi connectivity index (χ4v) is 2.27. The van der Waals surface area contributed by atoms with Crippen molar-refractivity contribution >= 4 is 11.6 Å². The lowest BCUT2D eigenvalue weighted by Gasteiger charge is -2.12. The fraction of sp³-hybridized carbons (Fsp3) is 0.250. The van der Waals surface area contributed by atoms with Crippen molar-refractivity contribution in [1.82, 2.24) is 0 Å². The number of nitrogens with two attached hydrogens (primary N) is 1. The smallest absolute Gasteiger partial charge is 0.198 e. The van der Waals surface area contributed by atoms with E-state index in [1.54, 1.807) is 25.1 Å². The van der Waals surface area contributed by atoms with Crippen LogP contribution in [0.5, 0.6) is 11.5 Å². The molecular weight excluding hydrogens is 296 g/mol. The van der Waals surface area contributed by atoms with Gasteiger partial charge in [0.2, 0.25) is 0 Å². The standard InChI is InChI=1S/C16H16ClF2NO/c1-9-3-4-15(12(17)5-9)21-16-13(18)7-11(6-10(2)20)8-14(16)19/h3-5,7-8,10H,6,20H2,1-2H3. The molecule has 0 amide bonds. The molecule has 0 bridgehead atoms. The van der Waals surface area contributed by atoms with Crippen molar-refractivity contribution in [2.24, 2.45) is 5.73 Å². The summed E-state index contributed by atoms with van der Waals surface area (Å²) >= 11 is 6.00. The van der Waals surface area contributed by atoms with Crippen molar-refractivity contribution in [3.05, 3.63) is 58.1 Å². The molecule has 2 rings (SSSR count). The van der Waals surface area contributed by atoms with E-state index in [2.05, 4.69) is 0 Å². The molecule has 112 valence electrons. The molecule has 0 heterocycles. The zero-order valence-corrected chi connectivity index (χ0v) is 12.5. The minimum Gasteiger partial charge on any atom is -0.450 e. The molecule has 2 nitrogen and oxygen atoms in total. The van der Waals surface area contributed by atoms with E-state index in [1.165, 1.54) is 12.1 Å². The average Bonchev–Trinajstić information content (AvgIpc) is 2.35. The molecule has 0 saturated carbocycles. The molecule has 2 N–H and O–H groups in total. The van der Waals surface area contributed by atoms with Crippen LogP contribution in [-0.2, 0) is 6.42 Å². The van der Waals surface area contributed by atoms with Gasteiger partial charge in [-0.3, -0.25) is 0 Å². The van der Waals surface area contributed by atoms with Crippen LogP contribution in [0.15, 0.2) is 30.3 Å². The number of rotatable bonds is 4. The summed E-state index contributed by atoms with van der Waals surface area (Å²) in [6, 6.07) is 7.26. The van der Waals surface area contributed by atoms with Gasteiger partial charge >= 0.3 is 0 Å². The normalized spacial score (nSPS) is 12.3. The van der Waals surface area contributed by atoms with E-state index in [0.717, 1.165) is 5.56 Å². The number of hydrogen-bond donors (Lipinski definition) is 1. The quantitative estimate of drug-likeness (QED) is 0.895. The Bertz CT molecular complexity index is 636. The molecule has 2 aromatic carbocycles. The maximum absolute atomic E-state index is 14.0. The molecule has 0 fully saturated rings. The van der Waals surface area contributed by atoms with Crippen molar-refractivity contribution < 1.29 is 13.5 Å². The number of hydrogen-bond acceptors (Lipinski definition) is 2. The second kappa shape index (κ2) is 6.41. The Labute approximate surface area is 127 Å². The lowest BCUT2D eigenvalue weighted by atomic mass is 10.1. The molecule has 0 aromatic heterocycles. The first-order valence-electron chi connectivity index (χ1n) is 6.54. The van der Waals surface area contributed by atoms with Gasteiger partial charge in [0.15, 0.2) is 17.4 Å². The predicted molar refractivity (Wildman–Crippen MR) is 80.0 cm³/mol. The van der Waals surface area contributed by atoms with E-state index in [1.807, 2.05) is 6.92 Å². The summed E-state index contributed by atoms with van der Waals surface area (Å²) in [5, 5.41) is 0.299. The summed E-state index contributed by atoms with van der Waals surface area (Å²) < 4.78 is 33.3. The third-order valence-corrected chi connectivity index (χ3v) is 3.21. The van der Waals surface area contributed by atoms with Gasteiger partial charge in [0.25, 0.3) is 0 Å². The van der Waals surface area contributed by atoms with Crippen molar-refractivity contribution in [3.8, 4) is 11.5 Å². The maximum Gasteiger partial charge on any atom is 0.198 e. The van der Waals surface area contributed by atoms with Crippen LogP contribution in [0, 0.1) is 18.6 Å². The van der Waals surface area contributed by atoms with E-state index in [0.29, 0.717) is 17.0 Å². The summed E-state index contributed by atoms with van der Waals surface area (Å²) in [7, 11) is 0. The predicted octanol–water partition coefficient (Wildman–Crippen LogP) is 4.61. The summed E-state index contributed by atoms with van der Waals surface area (Å²) in [6.07, 6.45) is 0.388. The number of halogens is 3. The Morgan fingerprint density at radius 3 is 2.33 bits per heavy atom. The van der Waals surface area contributed by atoms with Crippen molar-refractivity contribution in [2.75, 3.05) is 0 Å². The highest BCUT2D eigenvalue weighted by atomic mass is 35.5. The second-order valence-corrected chi connectivity index (χ2v) is 5.51. The molecule has 0 aliphatic carbocycles. The summed E-state index contributed by atoms with van der Waals surface area (Å²) in [5.41, 5.74) is 7.05. The van der Waals surface area contributed by atoms with Gasteiger partial charge in [0, 0.05) is 6.04 Å². The van der Waals surface area contributed by atoms with Gasteiger partial charge < -0.3 is 10.5 Å². The van der Waals surface area contributed by atoms with Crippen LogP contribution in [0.4, 0.5) is 8.78 Å². The Morgan fingerprint density at radius 1 is 1.19 bits per heavy atom. The molecule has 1 unspecified atom stereocenters. The maximum atomic E-state index is 14.0. The van der Waals surface area contributed by atoms with Crippen LogP contribution in [0.1, 0.15) is 18.1 Å². The molecule has 0 radical (unpaired) electrons. The average molecular weight is 312 g/mol. The SMILES string of the molecule is Cc1ccc(Oc2c(F)cc(CC(C)N)cc2F)c(Cl)c1. The van der Waals surface area contributed by atoms with Gasteiger partial charge in [-0.1, -0.05) is 17.7 Å². The number of aryl methyl sites for hydroxylation is 1. The molecule has 5 heteroatoms. The van der Waals surface area contributed by atoms with Gasteiger partial charge in [-0.05, 0) is 55.7 Å². The minimum atomic E-state index is -0.776. The monoisotopic (exact) mass is 311 g/mol. The summed E-state index contributed by atoms with van der Waals surface area (Å²) in [4.78, 5) is 0. The third kappa shape index (κ3) is 3.93. The molecule has 21 heavy (non-hydrogen) atoms. The van der Waals surface area contributed by atoms with Crippen LogP contribution in [0.25, 0.3) is 0 Å². The lowest BCUT2D eigenvalue weighted by molar-refractivity contribution is 0.406. The minimum absolute atomic E-state index is 0.179. The Kier molecular flexibility index (Phi) is 4.80. The zero-order chi connectivity index (χ0) is 15.6. The number of benzene rings is 2. The lowest BCUT2D eigenvalue weighted by Crippen LogP contribution is -2.18. The Hall–Kier alpha value is -1.65. The van der Waals surface area contributed by atoms with E-state index in [-0.39, 0.29) is 11.8 Å². The van der Waals surface area contributed by atoms with Crippen LogP contribution in [0.2, 0.25) is 5.02 Å². The first kappa shape index (κ1) is 15.7. The van der Waals surface area contributed by atoms with Crippen molar-refractivity contribution in [3.63, 3.8) is 0 Å². The van der Waals surface area contributed by atoms with Crippen molar-refractivity contribution in [2.45, 2.75) is 26.3 Å². The molecule has 0 aliphatic heterocycles. The molecule has 0 spiro atoms. The van der Waals surface area contributed by atoms with Crippen LogP contribution < -0.4 is 10.5 Å². The topological polar surface area (TPSA) is 35.2 Å². The van der Waals surface area contributed by atoms with Crippen LogP contribution in [0.3, 0.4) is 0 Å². The molecule has 2 aromatic rings. The zero-order valence-electron chi connectivity index (χ0n) is 11.8. The van der Waals surface area contributed by atoms with E-state index in [9.17, 15) is 8.78 Å². The largest absolute Gasteiger partial charge is 0.450 e. The number of ether oxygens (including phenoxy) is 1.